The van der Waals surface area contributed by atoms with Crippen LogP contribution in [0.5, 0.6) is 11.6 Å². The zero-order valence-corrected chi connectivity index (χ0v) is 16.9. The summed E-state index contributed by atoms with van der Waals surface area (Å²) in [6, 6.07) is 15.5. The minimum atomic E-state index is -0.315. The molecule has 0 unspecified atom stereocenters. The van der Waals surface area contributed by atoms with E-state index in [0.29, 0.717) is 56.5 Å². The van der Waals surface area contributed by atoms with E-state index < -0.39 is 0 Å². The van der Waals surface area contributed by atoms with E-state index in [4.69, 9.17) is 9.47 Å². The third kappa shape index (κ3) is 4.52. The van der Waals surface area contributed by atoms with Crippen LogP contribution in [0, 0.1) is 12.7 Å². The van der Waals surface area contributed by atoms with Crippen molar-refractivity contribution in [3.05, 3.63) is 71.7 Å². The Morgan fingerprint density at radius 2 is 1.80 bits per heavy atom. The molecule has 0 saturated carbocycles. The maximum Gasteiger partial charge on any atom is 0.226 e. The fourth-order valence-corrected chi connectivity index (χ4v) is 3.49. The van der Waals surface area contributed by atoms with Gasteiger partial charge < -0.3 is 14.4 Å². The molecule has 1 aliphatic rings. The standard InChI is InChI=1S/C23H24FN3O3/c1-17-21(11-12-22(28)26-13-15-29-16-14-26)23(30-20-5-3-2-4-6-20)27(25-17)19-9-7-18(24)8-10-19/h2-10H,11-16H2,1H3. The Hall–Kier alpha value is -3.19. The lowest BCUT2D eigenvalue weighted by Gasteiger charge is -2.26. The van der Waals surface area contributed by atoms with Gasteiger partial charge in [0, 0.05) is 25.1 Å². The molecule has 1 aromatic heterocycles. The van der Waals surface area contributed by atoms with Crippen molar-refractivity contribution in [3.8, 4) is 17.3 Å². The number of aromatic nitrogens is 2. The number of morpholine rings is 1. The highest BCUT2D eigenvalue weighted by Crippen LogP contribution is 2.31. The molecule has 30 heavy (non-hydrogen) atoms. The first-order valence-corrected chi connectivity index (χ1v) is 10.0. The van der Waals surface area contributed by atoms with Crippen LogP contribution in [-0.4, -0.2) is 46.9 Å². The highest BCUT2D eigenvalue weighted by molar-refractivity contribution is 5.76. The molecule has 1 saturated heterocycles. The molecule has 1 amide bonds. The van der Waals surface area contributed by atoms with E-state index in [1.807, 2.05) is 42.2 Å². The molecule has 0 N–H and O–H groups in total. The van der Waals surface area contributed by atoms with Gasteiger partial charge in [0.15, 0.2) is 0 Å². The summed E-state index contributed by atoms with van der Waals surface area (Å²) in [5.74, 6) is 0.990. The largest absolute Gasteiger partial charge is 0.439 e. The number of nitrogens with zero attached hydrogens (tertiary/aromatic N) is 3. The van der Waals surface area contributed by atoms with Crippen LogP contribution < -0.4 is 4.74 Å². The third-order valence-corrected chi connectivity index (χ3v) is 5.12. The summed E-state index contributed by atoms with van der Waals surface area (Å²) in [7, 11) is 0. The summed E-state index contributed by atoms with van der Waals surface area (Å²) in [6.07, 6.45) is 0.868. The molecule has 0 radical (unpaired) electrons. The molecule has 4 rings (SSSR count). The van der Waals surface area contributed by atoms with E-state index in [9.17, 15) is 9.18 Å². The minimum absolute atomic E-state index is 0.0953. The second-order valence-electron chi connectivity index (χ2n) is 7.17. The molecular weight excluding hydrogens is 385 g/mol. The van der Waals surface area contributed by atoms with E-state index in [1.54, 1.807) is 16.8 Å². The lowest BCUT2D eigenvalue weighted by atomic mass is 10.1. The van der Waals surface area contributed by atoms with Crippen LogP contribution in [0.4, 0.5) is 4.39 Å². The fourth-order valence-electron chi connectivity index (χ4n) is 3.49. The van der Waals surface area contributed by atoms with Crippen LogP contribution in [-0.2, 0) is 16.0 Å². The van der Waals surface area contributed by atoms with Crippen molar-refractivity contribution in [2.24, 2.45) is 0 Å². The molecule has 3 aromatic rings. The zero-order valence-electron chi connectivity index (χ0n) is 16.9. The molecule has 0 bridgehead atoms. The number of carbonyl (C=O) groups excluding carboxylic acids is 1. The first-order chi connectivity index (χ1) is 14.6. The normalized spacial score (nSPS) is 14.0. The number of aryl methyl sites for hydroxylation is 1. The smallest absolute Gasteiger partial charge is 0.226 e. The number of ether oxygens (including phenoxy) is 2. The second-order valence-corrected chi connectivity index (χ2v) is 7.17. The van der Waals surface area contributed by atoms with Crippen molar-refractivity contribution in [1.29, 1.82) is 0 Å². The maximum absolute atomic E-state index is 13.4. The monoisotopic (exact) mass is 409 g/mol. The van der Waals surface area contributed by atoms with Gasteiger partial charge in [-0.05, 0) is 49.7 Å². The SMILES string of the molecule is Cc1nn(-c2ccc(F)cc2)c(Oc2ccccc2)c1CCC(=O)N1CCOCC1. The van der Waals surface area contributed by atoms with Crippen LogP contribution in [0.2, 0.25) is 0 Å². The molecule has 1 aliphatic heterocycles. The Morgan fingerprint density at radius 3 is 2.50 bits per heavy atom. The predicted octanol–water partition coefficient (Wildman–Crippen LogP) is 3.90. The van der Waals surface area contributed by atoms with Gasteiger partial charge in [0.1, 0.15) is 11.6 Å². The number of hydrogen-bond donors (Lipinski definition) is 0. The molecule has 2 heterocycles. The van der Waals surface area contributed by atoms with Crippen LogP contribution in [0.1, 0.15) is 17.7 Å². The molecule has 0 atom stereocenters. The maximum atomic E-state index is 13.4. The first kappa shape index (κ1) is 20.1. The van der Waals surface area contributed by atoms with Gasteiger partial charge in [0.2, 0.25) is 11.8 Å². The van der Waals surface area contributed by atoms with E-state index in [-0.39, 0.29) is 11.7 Å². The van der Waals surface area contributed by atoms with Gasteiger partial charge >= 0.3 is 0 Å². The van der Waals surface area contributed by atoms with Crippen LogP contribution >= 0.6 is 0 Å². The van der Waals surface area contributed by atoms with Crippen LogP contribution in [0.15, 0.2) is 54.6 Å². The summed E-state index contributed by atoms with van der Waals surface area (Å²) in [4.78, 5) is 14.5. The lowest BCUT2D eigenvalue weighted by Crippen LogP contribution is -2.40. The number of para-hydroxylation sites is 1. The minimum Gasteiger partial charge on any atom is -0.439 e. The number of rotatable bonds is 6. The van der Waals surface area contributed by atoms with Gasteiger partial charge in [0.05, 0.1) is 24.6 Å². The van der Waals surface area contributed by atoms with Crippen molar-refractivity contribution < 1.29 is 18.7 Å². The second kappa shape index (κ2) is 9.09. The molecule has 7 heteroatoms. The Balaban J connectivity index is 1.62. The molecule has 156 valence electrons. The molecule has 2 aromatic carbocycles. The summed E-state index contributed by atoms with van der Waals surface area (Å²) in [6.45, 7) is 4.30. The molecule has 0 aliphatic carbocycles. The van der Waals surface area contributed by atoms with E-state index in [0.717, 1.165) is 11.3 Å². The van der Waals surface area contributed by atoms with Gasteiger partial charge in [-0.1, -0.05) is 18.2 Å². The van der Waals surface area contributed by atoms with Gasteiger partial charge in [-0.15, -0.1) is 0 Å². The van der Waals surface area contributed by atoms with Crippen molar-refractivity contribution >= 4 is 5.91 Å². The molecule has 0 spiro atoms. The average molecular weight is 409 g/mol. The first-order valence-electron chi connectivity index (χ1n) is 10.0. The summed E-state index contributed by atoms with van der Waals surface area (Å²) in [5.41, 5.74) is 2.33. The number of carbonyl (C=O) groups is 1. The van der Waals surface area contributed by atoms with Gasteiger partial charge in [-0.2, -0.15) is 5.10 Å². The van der Waals surface area contributed by atoms with Gasteiger partial charge in [-0.3, -0.25) is 4.79 Å². The highest BCUT2D eigenvalue weighted by atomic mass is 19.1. The number of benzene rings is 2. The van der Waals surface area contributed by atoms with Gasteiger partial charge in [-0.25, -0.2) is 9.07 Å². The van der Waals surface area contributed by atoms with E-state index in [2.05, 4.69) is 5.10 Å². The quantitative estimate of drug-likeness (QED) is 0.620. The predicted molar refractivity (Wildman–Crippen MR) is 110 cm³/mol. The Bertz CT molecular complexity index is 997. The number of halogens is 1. The summed E-state index contributed by atoms with van der Waals surface area (Å²) < 4.78 is 26.6. The van der Waals surface area contributed by atoms with Crippen molar-refractivity contribution in [2.45, 2.75) is 19.8 Å². The Labute approximate surface area is 174 Å². The number of amides is 1. The molecule has 6 nitrogen and oxygen atoms in total. The molecular formula is C23H24FN3O3. The fraction of sp³-hybridized carbons (Fsp3) is 0.304. The van der Waals surface area contributed by atoms with Crippen molar-refractivity contribution in [1.82, 2.24) is 14.7 Å². The molecule has 1 fully saturated rings. The van der Waals surface area contributed by atoms with Crippen molar-refractivity contribution in [2.75, 3.05) is 26.3 Å². The highest BCUT2D eigenvalue weighted by Gasteiger charge is 2.22. The van der Waals surface area contributed by atoms with Crippen LogP contribution in [0.25, 0.3) is 5.69 Å². The Kier molecular flexibility index (Phi) is 6.09. The van der Waals surface area contributed by atoms with E-state index >= 15 is 0 Å². The average Bonchev–Trinajstić information content (AvgIpc) is 3.09. The summed E-state index contributed by atoms with van der Waals surface area (Å²) >= 11 is 0. The van der Waals surface area contributed by atoms with E-state index in [1.165, 1.54) is 12.1 Å². The van der Waals surface area contributed by atoms with Crippen molar-refractivity contribution in [3.63, 3.8) is 0 Å². The Morgan fingerprint density at radius 1 is 1.10 bits per heavy atom. The third-order valence-electron chi connectivity index (χ3n) is 5.12. The zero-order chi connectivity index (χ0) is 20.9. The van der Waals surface area contributed by atoms with Crippen LogP contribution in [0.3, 0.4) is 0 Å². The number of hydrogen-bond acceptors (Lipinski definition) is 4. The summed E-state index contributed by atoms with van der Waals surface area (Å²) in [5, 5.41) is 4.62. The topological polar surface area (TPSA) is 56.6 Å². The lowest BCUT2D eigenvalue weighted by molar-refractivity contribution is -0.135. The van der Waals surface area contributed by atoms with Gasteiger partial charge in [0.25, 0.3) is 0 Å².